The normalized spacial score (nSPS) is 21.9. The lowest BCUT2D eigenvalue weighted by molar-refractivity contribution is -0.195. The molecule has 0 saturated carbocycles. The van der Waals surface area contributed by atoms with E-state index in [9.17, 15) is 18.0 Å². The summed E-state index contributed by atoms with van der Waals surface area (Å²) in [5.41, 5.74) is 0. The molecule has 1 amide bonds. The molecule has 128 valence electrons. The molecule has 0 aliphatic carbocycles. The van der Waals surface area contributed by atoms with E-state index in [4.69, 9.17) is 16.3 Å². The van der Waals surface area contributed by atoms with Crippen LogP contribution in [0.15, 0.2) is 6.20 Å². The third-order valence-corrected chi connectivity index (χ3v) is 3.89. The zero-order valence-electron chi connectivity index (χ0n) is 12.5. The summed E-state index contributed by atoms with van der Waals surface area (Å²) < 4.78 is 43.9. The number of methoxy groups -OCH3 is 1. The summed E-state index contributed by atoms with van der Waals surface area (Å²) >= 11 is 5.97. The van der Waals surface area contributed by atoms with E-state index in [1.807, 2.05) is 0 Å². The van der Waals surface area contributed by atoms with Gasteiger partial charge in [-0.15, -0.1) is 0 Å². The number of carbonyl (C=O) groups is 1. The number of hydrogen-bond acceptors (Lipinski definition) is 5. The Kier molecular flexibility index (Phi) is 5.18. The van der Waals surface area contributed by atoms with Crippen LogP contribution in [0.2, 0.25) is 5.02 Å². The van der Waals surface area contributed by atoms with Gasteiger partial charge in [0.2, 0.25) is 5.91 Å². The summed E-state index contributed by atoms with van der Waals surface area (Å²) in [6.45, 7) is 1.05. The topological polar surface area (TPSA) is 67.3 Å². The number of likely N-dealkylation sites (tertiary alicyclic amines) is 1. The summed E-state index contributed by atoms with van der Waals surface area (Å²) in [5.74, 6) is -0.359. The monoisotopic (exact) mass is 352 g/mol. The van der Waals surface area contributed by atoms with E-state index in [0.717, 1.165) is 11.8 Å². The van der Waals surface area contributed by atoms with Crippen molar-refractivity contribution in [1.82, 2.24) is 14.9 Å². The first-order valence-corrected chi connectivity index (χ1v) is 7.27. The number of piperidine rings is 1. The molecule has 23 heavy (non-hydrogen) atoms. The highest BCUT2D eigenvalue weighted by Crippen LogP contribution is 2.33. The molecule has 1 aliphatic heterocycles. The largest absolute Gasteiger partial charge is 0.467 e. The Hall–Kier alpha value is -1.77. The van der Waals surface area contributed by atoms with Crippen molar-refractivity contribution >= 4 is 23.3 Å². The van der Waals surface area contributed by atoms with Crippen LogP contribution in [-0.4, -0.2) is 52.7 Å². The number of alkyl halides is 3. The van der Waals surface area contributed by atoms with Gasteiger partial charge in [0.25, 0.3) is 0 Å². The lowest BCUT2D eigenvalue weighted by atomic mass is 9.97. The van der Waals surface area contributed by atoms with Gasteiger partial charge in [-0.2, -0.15) is 18.2 Å². The van der Waals surface area contributed by atoms with E-state index in [2.05, 4.69) is 15.3 Å². The van der Waals surface area contributed by atoms with E-state index < -0.39 is 24.2 Å². The number of rotatable bonds is 3. The SMILES string of the molecule is COc1ncc(Cl)c(NC2CCC(C(F)(F)F)N(C(C)=O)C2)n1. The molecular formula is C13H16ClF3N4O2. The zero-order valence-corrected chi connectivity index (χ0v) is 13.3. The fraction of sp³-hybridized carbons (Fsp3) is 0.615. The van der Waals surface area contributed by atoms with Gasteiger partial charge < -0.3 is 15.0 Å². The minimum absolute atomic E-state index is 0.0812. The Morgan fingerprint density at radius 3 is 2.74 bits per heavy atom. The summed E-state index contributed by atoms with van der Waals surface area (Å²) in [5, 5.41) is 3.18. The van der Waals surface area contributed by atoms with Crippen molar-refractivity contribution in [1.29, 1.82) is 0 Å². The van der Waals surface area contributed by atoms with Crippen molar-refractivity contribution in [2.45, 2.75) is 38.0 Å². The van der Waals surface area contributed by atoms with Gasteiger partial charge in [-0.05, 0) is 12.8 Å². The first-order chi connectivity index (χ1) is 10.7. The van der Waals surface area contributed by atoms with Gasteiger partial charge >= 0.3 is 12.2 Å². The molecule has 1 saturated heterocycles. The predicted molar refractivity (Wildman–Crippen MR) is 77.5 cm³/mol. The van der Waals surface area contributed by atoms with Crippen LogP contribution in [-0.2, 0) is 4.79 Å². The van der Waals surface area contributed by atoms with Crippen molar-refractivity contribution in [3.8, 4) is 6.01 Å². The molecule has 1 N–H and O–H groups in total. The molecule has 0 spiro atoms. The molecule has 2 unspecified atom stereocenters. The average molecular weight is 353 g/mol. The number of carbonyl (C=O) groups excluding carboxylic acids is 1. The van der Waals surface area contributed by atoms with Crippen LogP contribution in [0, 0.1) is 0 Å². The molecule has 0 bridgehead atoms. The minimum Gasteiger partial charge on any atom is -0.467 e. The maximum absolute atomic E-state index is 13.0. The molecular weight excluding hydrogens is 337 g/mol. The van der Waals surface area contributed by atoms with Gasteiger partial charge in [0.15, 0.2) is 5.82 Å². The molecule has 1 aromatic heterocycles. The number of hydrogen-bond donors (Lipinski definition) is 1. The number of anilines is 1. The van der Waals surface area contributed by atoms with Gasteiger partial charge in [-0.25, -0.2) is 4.98 Å². The number of halogens is 4. The smallest absolute Gasteiger partial charge is 0.408 e. The van der Waals surface area contributed by atoms with Gasteiger partial charge in [0, 0.05) is 19.5 Å². The molecule has 2 rings (SSSR count). The quantitative estimate of drug-likeness (QED) is 0.905. The molecule has 1 fully saturated rings. The standard InChI is InChI=1S/C13H16ClF3N4O2/c1-7(22)21-6-8(3-4-10(21)13(15,16)17)19-11-9(14)5-18-12(20-11)23-2/h5,8,10H,3-4,6H2,1-2H3,(H,18,19,20). The first kappa shape index (κ1) is 17.6. The summed E-state index contributed by atoms with van der Waals surface area (Å²) in [6, 6.07) is -2.06. The van der Waals surface area contributed by atoms with E-state index in [1.54, 1.807) is 0 Å². The van der Waals surface area contributed by atoms with Crippen LogP contribution in [0.3, 0.4) is 0 Å². The minimum atomic E-state index is -4.44. The molecule has 10 heteroatoms. The molecule has 6 nitrogen and oxygen atoms in total. The van der Waals surface area contributed by atoms with Crippen molar-refractivity contribution in [2.75, 3.05) is 19.0 Å². The maximum atomic E-state index is 13.0. The number of aromatic nitrogens is 2. The van der Waals surface area contributed by atoms with E-state index in [0.29, 0.717) is 0 Å². The van der Waals surface area contributed by atoms with Gasteiger partial charge in [0.05, 0.1) is 13.3 Å². The highest BCUT2D eigenvalue weighted by molar-refractivity contribution is 6.32. The van der Waals surface area contributed by atoms with E-state index in [1.165, 1.54) is 13.3 Å². The van der Waals surface area contributed by atoms with Crippen LogP contribution >= 0.6 is 11.6 Å². The van der Waals surface area contributed by atoms with Crippen LogP contribution in [0.1, 0.15) is 19.8 Å². The molecule has 2 atom stereocenters. The highest BCUT2D eigenvalue weighted by Gasteiger charge is 2.47. The Morgan fingerprint density at radius 1 is 1.48 bits per heavy atom. The second-order valence-corrected chi connectivity index (χ2v) is 5.61. The van der Waals surface area contributed by atoms with Gasteiger partial charge in [-0.3, -0.25) is 4.79 Å². The van der Waals surface area contributed by atoms with Crippen LogP contribution < -0.4 is 10.1 Å². The van der Waals surface area contributed by atoms with E-state index >= 15 is 0 Å². The lowest BCUT2D eigenvalue weighted by Crippen LogP contribution is -2.55. The van der Waals surface area contributed by atoms with Crippen LogP contribution in [0.25, 0.3) is 0 Å². The van der Waals surface area contributed by atoms with Crippen LogP contribution in [0.5, 0.6) is 6.01 Å². The summed E-state index contributed by atoms with van der Waals surface area (Å²) in [4.78, 5) is 20.2. The van der Waals surface area contributed by atoms with Crippen molar-refractivity contribution in [3.05, 3.63) is 11.2 Å². The molecule has 1 aliphatic rings. The summed E-state index contributed by atoms with van der Waals surface area (Å²) in [7, 11) is 1.39. The van der Waals surface area contributed by atoms with Crippen molar-refractivity contribution < 1.29 is 22.7 Å². The molecule has 0 aromatic carbocycles. The molecule has 0 radical (unpaired) electrons. The fourth-order valence-electron chi connectivity index (χ4n) is 2.52. The van der Waals surface area contributed by atoms with Crippen molar-refractivity contribution in [3.63, 3.8) is 0 Å². The highest BCUT2D eigenvalue weighted by atomic mass is 35.5. The second kappa shape index (κ2) is 6.77. The Morgan fingerprint density at radius 2 is 2.17 bits per heavy atom. The third kappa shape index (κ3) is 4.15. The Balaban J connectivity index is 2.13. The number of amides is 1. The van der Waals surface area contributed by atoms with E-state index in [-0.39, 0.29) is 36.2 Å². The second-order valence-electron chi connectivity index (χ2n) is 5.20. The van der Waals surface area contributed by atoms with Gasteiger partial charge in [-0.1, -0.05) is 11.6 Å². The van der Waals surface area contributed by atoms with Crippen molar-refractivity contribution in [2.24, 2.45) is 0 Å². The Labute approximate surface area is 136 Å². The Bertz CT molecular complexity index is 585. The molecule has 2 heterocycles. The molecule has 1 aromatic rings. The maximum Gasteiger partial charge on any atom is 0.408 e. The average Bonchev–Trinajstić information content (AvgIpc) is 2.48. The summed E-state index contributed by atoms with van der Waals surface area (Å²) in [6.07, 6.45) is -3.05. The third-order valence-electron chi connectivity index (χ3n) is 3.61. The zero-order chi connectivity index (χ0) is 17.2. The lowest BCUT2D eigenvalue weighted by Gasteiger charge is -2.40. The van der Waals surface area contributed by atoms with Gasteiger partial charge in [0.1, 0.15) is 11.1 Å². The number of ether oxygens (including phenoxy) is 1. The number of nitrogens with zero attached hydrogens (tertiary/aromatic N) is 3. The van der Waals surface area contributed by atoms with Crippen LogP contribution in [0.4, 0.5) is 19.0 Å². The number of nitrogens with one attached hydrogen (secondary N) is 1. The fourth-order valence-corrected chi connectivity index (χ4v) is 2.67. The first-order valence-electron chi connectivity index (χ1n) is 6.89. The predicted octanol–water partition coefficient (Wildman–Crippen LogP) is 2.49.